The second-order valence-electron chi connectivity index (χ2n) is 4.43. The molecule has 2 rings (SSSR count). The van der Waals surface area contributed by atoms with Gasteiger partial charge < -0.3 is 4.90 Å². The summed E-state index contributed by atoms with van der Waals surface area (Å²) in [4.78, 5) is 14.0. The molecule has 1 aromatic carbocycles. The normalized spacial score (nSPS) is 19.2. The lowest BCUT2D eigenvalue weighted by molar-refractivity contribution is -0.129. The van der Waals surface area contributed by atoms with E-state index in [1.54, 1.807) is 23.9 Å². The highest BCUT2D eigenvalue weighted by Crippen LogP contribution is 2.32. The van der Waals surface area contributed by atoms with Crippen LogP contribution in [0.3, 0.4) is 0 Å². The molecule has 0 N–H and O–H groups in total. The highest BCUT2D eigenvalue weighted by Gasteiger charge is 2.29. The van der Waals surface area contributed by atoms with E-state index < -0.39 is 0 Å². The Bertz CT molecular complexity index is 407. The zero-order chi connectivity index (χ0) is 13.0. The summed E-state index contributed by atoms with van der Waals surface area (Å²) in [7, 11) is 0. The number of carbonyl (C=O) groups excluding carboxylic acids is 1. The average Bonchev–Trinajstić information content (AvgIpc) is 2.86. The summed E-state index contributed by atoms with van der Waals surface area (Å²) in [5, 5.41) is 0. The Hall–Kier alpha value is -1.03. The Morgan fingerprint density at radius 3 is 2.83 bits per heavy atom. The predicted molar refractivity (Wildman–Crippen MR) is 73.1 cm³/mol. The maximum absolute atomic E-state index is 12.9. The Kier molecular flexibility index (Phi) is 4.64. The third-order valence-electron chi connectivity index (χ3n) is 3.26. The molecule has 0 aliphatic carbocycles. The molecule has 1 heterocycles. The number of hydrogen-bond acceptors (Lipinski definition) is 2. The Balaban J connectivity index is 2.07. The molecule has 0 radical (unpaired) electrons. The molecule has 1 atom stereocenters. The first-order valence-electron chi connectivity index (χ1n) is 6.35. The van der Waals surface area contributed by atoms with Gasteiger partial charge in [-0.25, -0.2) is 4.39 Å². The number of hydrogen-bond donors (Lipinski definition) is 0. The number of carbonyl (C=O) groups is 1. The van der Waals surface area contributed by atoms with Crippen molar-refractivity contribution < 1.29 is 9.18 Å². The maximum atomic E-state index is 12.9. The van der Waals surface area contributed by atoms with E-state index in [2.05, 4.69) is 6.92 Å². The minimum Gasteiger partial charge on any atom is -0.335 e. The fourth-order valence-electron chi connectivity index (χ4n) is 2.37. The van der Waals surface area contributed by atoms with Gasteiger partial charge in [0.25, 0.3) is 0 Å². The van der Waals surface area contributed by atoms with Crippen LogP contribution in [0.2, 0.25) is 0 Å². The molecule has 2 nitrogen and oxygen atoms in total. The second kappa shape index (κ2) is 6.23. The Labute approximate surface area is 112 Å². The van der Waals surface area contributed by atoms with Gasteiger partial charge in [0.15, 0.2) is 0 Å². The fraction of sp³-hybridized carbons (Fsp3) is 0.500. The van der Waals surface area contributed by atoms with Crippen molar-refractivity contribution in [3.05, 3.63) is 35.6 Å². The van der Waals surface area contributed by atoms with Crippen LogP contribution >= 0.6 is 11.8 Å². The number of nitrogens with zero attached hydrogens (tertiary/aromatic N) is 1. The van der Waals surface area contributed by atoms with E-state index in [1.165, 1.54) is 12.1 Å². The van der Waals surface area contributed by atoms with Crippen LogP contribution in [0, 0.1) is 5.82 Å². The van der Waals surface area contributed by atoms with E-state index >= 15 is 0 Å². The number of amides is 1. The lowest BCUT2D eigenvalue weighted by Gasteiger charge is -2.25. The van der Waals surface area contributed by atoms with Gasteiger partial charge in [0.1, 0.15) is 5.82 Å². The van der Waals surface area contributed by atoms with Crippen LogP contribution in [0.25, 0.3) is 0 Å². The molecule has 1 aromatic rings. The van der Waals surface area contributed by atoms with Crippen LogP contribution in [-0.2, 0) is 4.79 Å². The van der Waals surface area contributed by atoms with Gasteiger partial charge in [-0.15, -0.1) is 0 Å². The summed E-state index contributed by atoms with van der Waals surface area (Å²) < 4.78 is 12.9. The summed E-state index contributed by atoms with van der Waals surface area (Å²) >= 11 is 1.65. The molecular weight excluding hydrogens is 249 g/mol. The summed E-state index contributed by atoms with van der Waals surface area (Å²) in [5.74, 6) is 1.49. The zero-order valence-electron chi connectivity index (χ0n) is 10.6. The van der Waals surface area contributed by atoms with Gasteiger partial charge >= 0.3 is 0 Å². The predicted octanol–water partition coefficient (Wildman–Crippen LogP) is 3.24. The standard InChI is InChI=1S/C14H18FNOS/c1-2-18-10-14(17)16-9-3-4-13(16)11-5-7-12(15)8-6-11/h5-8,13H,2-4,9-10H2,1H3/t13-/m0/s1. The number of thioether (sulfide) groups is 1. The molecule has 0 unspecified atom stereocenters. The minimum absolute atomic E-state index is 0.135. The molecule has 18 heavy (non-hydrogen) atoms. The first-order valence-corrected chi connectivity index (χ1v) is 7.50. The molecule has 0 saturated carbocycles. The number of halogens is 1. The van der Waals surface area contributed by atoms with Gasteiger partial charge in [0.05, 0.1) is 11.8 Å². The van der Waals surface area contributed by atoms with Crippen molar-refractivity contribution in [3.63, 3.8) is 0 Å². The highest BCUT2D eigenvalue weighted by atomic mass is 32.2. The molecule has 1 fully saturated rings. The van der Waals surface area contributed by atoms with Crippen LogP contribution < -0.4 is 0 Å². The molecule has 0 spiro atoms. The maximum Gasteiger partial charge on any atom is 0.233 e. The third kappa shape index (κ3) is 3.05. The minimum atomic E-state index is -0.226. The van der Waals surface area contributed by atoms with E-state index in [1.807, 2.05) is 4.90 Å². The van der Waals surface area contributed by atoms with Gasteiger partial charge in [0.2, 0.25) is 5.91 Å². The van der Waals surface area contributed by atoms with E-state index in [4.69, 9.17) is 0 Å². The molecule has 0 bridgehead atoms. The van der Waals surface area contributed by atoms with E-state index in [0.717, 1.165) is 30.7 Å². The first-order chi connectivity index (χ1) is 8.72. The van der Waals surface area contributed by atoms with E-state index in [9.17, 15) is 9.18 Å². The second-order valence-corrected chi connectivity index (χ2v) is 5.71. The van der Waals surface area contributed by atoms with Crippen molar-refractivity contribution in [2.45, 2.75) is 25.8 Å². The fourth-order valence-corrected chi connectivity index (χ4v) is 2.91. The Morgan fingerprint density at radius 1 is 1.44 bits per heavy atom. The van der Waals surface area contributed by atoms with Crippen molar-refractivity contribution in [3.8, 4) is 0 Å². The van der Waals surface area contributed by atoms with Gasteiger partial charge in [-0.3, -0.25) is 4.79 Å². The smallest absolute Gasteiger partial charge is 0.233 e. The van der Waals surface area contributed by atoms with Crippen molar-refractivity contribution in [2.75, 3.05) is 18.1 Å². The van der Waals surface area contributed by atoms with Crippen LogP contribution in [0.1, 0.15) is 31.4 Å². The van der Waals surface area contributed by atoms with Crippen LogP contribution in [-0.4, -0.2) is 28.9 Å². The Morgan fingerprint density at radius 2 is 2.17 bits per heavy atom. The largest absolute Gasteiger partial charge is 0.335 e. The van der Waals surface area contributed by atoms with Gasteiger partial charge in [0, 0.05) is 6.54 Å². The molecule has 1 saturated heterocycles. The van der Waals surface area contributed by atoms with Gasteiger partial charge in [-0.1, -0.05) is 19.1 Å². The van der Waals surface area contributed by atoms with Gasteiger partial charge in [-0.2, -0.15) is 11.8 Å². The SMILES string of the molecule is CCSCC(=O)N1CCC[C@H]1c1ccc(F)cc1. The van der Waals surface area contributed by atoms with Crippen molar-refractivity contribution in [2.24, 2.45) is 0 Å². The van der Waals surface area contributed by atoms with E-state index in [0.29, 0.717) is 5.75 Å². The molecule has 98 valence electrons. The van der Waals surface area contributed by atoms with Crippen molar-refractivity contribution >= 4 is 17.7 Å². The first kappa shape index (κ1) is 13.4. The molecule has 4 heteroatoms. The quantitative estimate of drug-likeness (QED) is 0.834. The summed E-state index contributed by atoms with van der Waals surface area (Å²) in [6.45, 7) is 2.88. The summed E-state index contributed by atoms with van der Waals surface area (Å²) in [6.07, 6.45) is 2.01. The topological polar surface area (TPSA) is 20.3 Å². The molecule has 1 aliphatic rings. The third-order valence-corrected chi connectivity index (χ3v) is 4.12. The highest BCUT2D eigenvalue weighted by molar-refractivity contribution is 7.99. The lowest BCUT2D eigenvalue weighted by Crippen LogP contribution is -2.32. The molecule has 1 aliphatic heterocycles. The number of benzene rings is 1. The number of likely N-dealkylation sites (tertiary alicyclic amines) is 1. The summed E-state index contributed by atoms with van der Waals surface area (Å²) in [6, 6.07) is 6.65. The van der Waals surface area contributed by atoms with Gasteiger partial charge in [-0.05, 0) is 36.3 Å². The molecule has 0 aromatic heterocycles. The number of rotatable bonds is 4. The van der Waals surface area contributed by atoms with Crippen LogP contribution in [0.15, 0.2) is 24.3 Å². The van der Waals surface area contributed by atoms with Crippen LogP contribution in [0.5, 0.6) is 0 Å². The average molecular weight is 267 g/mol. The molecular formula is C14H18FNOS. The summed E-state index contributed by atoms with van der Waals surface area (Å²) in [5.41, 5.74) is 1.05. The monoisotopic (exact) mass is 267 g/mol. The van der Waals surface area contributed by atoms with Crippen LogP contribution in [0.4, 0.5) is 4.39 Å². The zero-order valence-corrected chi connectivity index (χ0v) is 11.4. The lowest BCUT2D eigenvalue weighted by atomic mass is 10.0. The van der Waals surface area contributed by atoms with E-state index in [-0.39, 0.29) is 17.8 Å². The van der Waals surface area contributed by atoms with Crippen molar-refractivity contribution in [1.82, 2.24) is 4.90 Å². The van der Waals surface area contributed by atoms with Crippen molar-refractivity contribution in [1.29, 1.82) is 0 Å². The molecule has 1 amide bonds.